The minimum Gasteiger partial charge on any atom is -0.452 e. The molecule has 0 unspecified atom stereocenters. The highest BCUT2D eigenvalue weighted by Crippen LogP contribution is 2.22. The molecule has 136 valence electrons. The molecule has 1 heterocycles. The molecule has 0 spiro atoms. The number of carbonyl (C=O) groups excluding carboxylic acids is 2. The Labute approximate surface area is 156 Å². The lowest BCUT2D eigenvalue weighted by molar-refractivity contribution is -0.119. The molecule has 0 radical (unpaired) electrons. The van der Waals surface area contributed by atoms with E-state index in [-0.39, 0.29) is 10.7 Å². The smallest absolute Gasteiger partial charge is 0.343 e. The van der Waals surface area contributed by atoms with Crippen LogP contribution in [0.25, 0.3) is 0 Å². The Morgan fingerprint density at radius 1 is 1.38 bits per heavy atom. The van der Waals surface area contributed by atoms with E-state index in [0.29, 0.717) is 29.4 Å². The van der Waals surface area contributed by atoms with E-state index in [1.165, 1.54) is 0 Å². The highest BCUT2D eigenvalue weighted by atomic mass is 35.5. The summed E-state index contributed by atoms with van der Waals surface area (Å²) in [6.07, 6.45) is 0. The standard InChI is InChI=1S/C18H19ClN4O3/c1-11(2)9-23-17(19)16(12(3)22-23)18(25)26-10-15(24)21-14-7-5-4-6-13(14)8-20/h4-7,11H,9-10H2,1-3H3,(H,21,24). The minimum atomic E-state index is -0.716. The first-order valence-corrected chi connectivity index (χ1v) is 8.40. The number of hydrogen-bond acceptors (Lipinski definition) is 5. The quantitative estimate of drug-likeness (QED) is 0.783. The zero-order valence-electron chi connectivity index (χ0n) is 14.7. The molecule has 0 atom stereocenters. The summed E-state index contributed by atoms with van der Waals surface area (Å²) in [4.78, 5) is 24.3. The maximum absolute atomic E-state index is 12.3. The van der Waals surface area contributed by atoms with E-state index in [0.717, 1.165) is 0 Å². The molecular formula is C18H19ClN4O3. The van der Waals surface area contributed by atoms with Crippen molar-refractivity contribution in [2.45, 2.75) is 27.3 Å². The van der Waals surface area contributed by atoms with Crippen molar-refractivity contribution in [1.82, 2.24) is 9.78 Å². The van der Waals surface area contributed by atoms with Gasteiger partial charge in [-0.3, -0.25) is 9.48 Å². The number of nitrogens with one attached hydrogen (secondary N) is 1. The van der Waals surface area contributed by atoms with Crippen LogP contribution in [-0.4, -0.2) is 28.3 Å². The fourth-order valence-corrected chi connectivity index (χ4v) is 2.65. The van der Waals surface area contributed by atoms with Crippen LogP contribution in [0.1, 0.15) is 35.5 Å². The van der Waals surface area contributed by atoms with Crippen LogP contribution < -0.4 is 5.32 Å². The second-order valence-corrected chi connectivity index (χ2v) is 6.47. The molecule has 1 aromatic heterocycles. The van der Waals surface area contributed by atoms with E-state index in [1.807, 2.05) is 19.9 Å². The summed E-state index contributed by atoms with van der Waals surface area (Å²) in [5.41, 5.74) is 1.27. The fraction of sp³-hybridized carbons (Fsp3) is 0.333. The number of benzene rings is 1. The SMILES string of the molecule is Cc1nn(CC(C)C)c(Cl)c1C(=O)OCC(=O)Nc1ccccc1C#N. The lowest BCUT2D eigenvalue weighted by Gasteiger charge is -2.08. The van der Waals surface area contributed by atoms with E-state index >= 15 is 0 Å². The van der Waals surface area contributed by atoms with Gasteiger partial charge in [-0.05, 0) is 25.0 Å². The number of ether oxygens (including phenoxy) is 1. The zero-order valence-corrected chi connectivity index (χ0v) is 15.5. The molecule has 2 aromatic rings. The van der Waals surface area contributed by atoms with Crippen LogP contribution in [0.15, 0.2) is 24.3 Å². The second-order valence-electron chi connectivity index (χ2n) is 6.11. The summed E-state index contributed by atoms with van der Waals surface area (Å²) >= 11 is 6.22. The van der Waals surface area contributed by atoms with Crippen molar-refractivity contribution in [2.75, 3.05) is 11.9 Å². The van der Waals surface area contributed by atoms with Gasteiger partial charge in [-0.15, -0.1) is 0 Å². The number of aromatic nitrogens is 2. The van der Waals surface area contributed by atoms with Gasteiger partial charge < -0.3 is 10.1 Å². The molecule has 8 heteroatoms. The summed E-state index contributed by atoms with van der Waals surface area (Å²) in [7, 11) is 0. The van der Waals surface area contributed by atoms with Crippen LogP contribution >= 0.6 is 11.6 Å². The maximum Gasteiger partial charge on any atom is 0.343 e. The van der Waals surface area contributed by atoms with Gasteiger partial charge in [0.05, 0.1) is 16.9 Å². The predicted octanol–water partition coefficient (Wildman–Crippen LogP) is 3.17. The monoisotopic (exact) mass is 374 g/mol. The molecule has 1 aromatic carbocycles. The molecule has 0 saturated carbocycles. The molecule has 0 aliphatic heterocycles. The molecule has 0 bridgehead atoms. The number of halogens is 1. The number of nitriles is 1. The Hall–Kier alpha value is -2.85. The highest BCUT2D eigenvalue weighted by Gasteiger charge is 2.22. The van der Waals surface area contributed by atoms with E-state index < -0.39 is 18.5 Å². The van der Waals surface area contributed by atoms with E-state index in [1.54, 1.807) is 35.9 Å². The summed E-state index contributed by atoms with van der Waals surface area (Å²) < 4.78 is 6.59. The van der Waals surface area contributed by atoms with Crippen LogP contribution in [0.2, 0.25) is 5.15 Å². The summed E-state index contributed by atoms with van der Waals surface area (Å²) in [5.74, 6) is -0.961. The third kappa shape index (κ3) is 4.61. The summed E-state index contributed by atoms with van der Waals surface area (Å²) in [6.45, 7) is 5.74. The number of para-hydroxylation sites is 1. The average Bonchev–Trinajstić information content (AvgIpc) is 2.86. The molecule has 26 heavy (non-hydrogen) atoms. The first kappa shape index (κ1) is 19.5. The van der Waals surface area contributed by atoms with Gasteiger partial charge in [0.25, 0.3) is 5.91 Å². The van der Waals surface area contributed by atoms with Crippen LogP contribution in [0, 0.1) is 24.2 Å². The molecule has 2 rings (SSSR count). The molecule has 0 aliphatic carbocycles. The van der Waals surface area contributed by atoms with Crippen molar-refractivity contribution in [3.8, 4) is 6.07 Å². The summed E-state index contributed by atoms with van der Waals surface area (Å²) in [5, 5.41) is 16.0. The third-order valence-electron chi connectivity index (χ3n) is 3.46. The molecule has 1 N–H and O–H groups in total. The van der Waals surface area contributed by atoms with E-state index in [2.05, 4.69) is 10.4 Å². The lowest BCUT2D eigenvalue weighted by Crippen LogP contribution is -2.21. The van der Waals surface area contributed by atoms with Gasteiger partial charge >= 0.3 is 5.97 Å². The van der Waals surface area contributed by atoms with Gasteiger partial charge in [-0.2, -0.15) is 10.4 Å². The minimum absolute atomic E-state index is 0.151. The zero-order chi connectivity index (χ0) is 19.3. The first-order valence-electron chi connectivity index (χ1n) is 8.02. The molecule has 0 fully saturated rings. The van der Waals surface area contributed by atoms with Crippen LogP contribution in [-0.2, 0) is 16.1 Å². The summed E-state index contributed by atoms with van der Waals surface area (Å²) in [6, 6.07) is 8.52. The van der Waals surface area contributed by atoms with Gasteiger partial charge in [-0.25, -0.2) is 4.79 Å². The Balaban J connectivity index is 2.02. The highest BCUT2D eigenvalue weighted by molar-refractivity contribution is 6.32. The third-order valence-corrected chi connectivity index (χ3v) is 3.85. The molecular weight excluding hydrogens is 356 g/mol. The Morgan fingerprint density at radius 3 is 2.73 bits per heavy atom. The lowest BCUT2D eigenvalue weighted by atomic mass is 10.2. The van der Waals surface area contributed by atoms with Crippen molar-refractivity contribution in [2.24, 2.45) is 5.92 Å². The van der Waals surface area contributed by atoms with E-state index in [9.17, 15) is 9.59 Å². The number of rotatable bonds is 6. The van der Waals surface area contributed by atoms with Crippen molar-refractivity contribution in [1.29, 1.82) is 5.26 Å². The Morgan fingerprint density at radius 2 is 2.08 bits per heavy atom. The number of anilines is 1. The van der Waals surface area contributed by atoms with Crippen LogP contribution in [0.3, 0.4) is 0 Å². The number of aryl methyl sites for hydroxylation is 1. The van der Waals surface area contributed by atoms with Crippen molar-refractivity contribution < 1.29 is 14.3 Å². The Bertz CT molecular complexity index is 868. The number of nitrogens with zero attached hydrogens (tertiary/aromatic N) is 3. The Kier molecular flexibility index (Phi) is 6.36. The normalized spacial score (nSPS) is 10.5. The predicted molar refractivity (Wildman–Crippen MR) is 96.9 cm³/mol. The molecule has 0 saturated heterocycles. The molecule has 1 amide bonds. The average molecular weight is 375 g/mol. The van der Waals surface area contributed by atoms with Crippen LogP contribution in [0.5, 0.6) is 0 Å². The first-order chi connectivity index (χ1) is 12.3. The molecule has 7 nitrogen and oxygen atoms in total. The van der Waals surface area contributed by atoms with Crippen molar-refractivity contribution >= 4 is 29.2 Å². The van der Waals surface area contributed by atoms with E-state index in [4.69, 9.17) is 21.6 Å². The van der Waals surface area contributed by atoms with Gasteiger partial charge in [0.15, 0.2) is 6.61 Å². The number of esters is 1. The van der Waals surface area contributed by atoms with Crippen molar-refractivity contribution in [3.63, 3.8) is 0 Å². The second kappa shape index (κ2) is 8.50. The van der Waals surface area contributed by atoms with Gasteiger partial charge in [0, 0.05) is 6.54 Å². The maximum atomic E-state index is 12.3. The fourth-order valence-electron chi connectivity index (χ4n) is 2.33. The van der Waals surface area contributed by atoms with Gasteiger partial charge in [-0.1, -0.05) is 37.6 Å². The van der Waals surface area contributed by atoms with Crippen molar-refractivity contribution in [3.05, 3.63) is 46.2 Å². The van der Waals surface area contributed by atoms with Gasteiger partial charge in [0.1, 0.15) is 16.8 Å². The topological polar surface area (TPSA) is 97.0 Å². The largest absolute Gasteiger partial charge is 0.452 e. The molecule has 0 aliphatic rings. The number of hydrogen-bond donors (Lipinski definition) is 1. The van der Waals surface area contributed by atoms with Gasteiger partial charge in [0.2, 0.25) is 0 Å². The number of amides is 1. The van der Waals surface area contributed by atoms with Crippen LogP contribution in [0.4, 0.5) is 5.69 Å². The number of carbonyl (C=O) groups is 2.